The molecule has 0 saturated heterocycles. The molecule has 0 fully saturated rings. The van der Waals surface area contributed by atoms with E-state index in [4.69, 9.17) is 10.2 Å². The van der Waals surface area contributed by atoms with Gasteiger partial charge in [0.1, 0.15) is 12.0 Å². The van der Waals surface area contributed by atoms with Crippen molar-refractivity contribution >= 4 is 5.95 Å². The van der Waals surface area contributed by atoms with Gasteiger partial charge in [0.05, 0.1) is 12.7 Å². The summed E-state index contributed by atoms with van der Waals surface area (Å²) in [5.41, 5.74) is 11.7. The first kappa shape index (κ1) is 15.4. The Morgan fingerprint density at radius 1 is 1.29 bits per heavy atom. The topological polar surface area (TPSA) is 99.0 Å². The van der Waals surface area contributed by atoms with Crippen molar-refractivity contribution < 1.29 is 4.42 Å². The van der Waals surface area contributed by atoms with Crippen LogP contribution < -0.4 is 16.9 Å². The molecule has 7 heteroatoms. The van der Waals surface area contributed by atoms with E-state index in [0.29, 0.717) is 12.2 Å². The van der Waals surface area contributed by atoms with Crippen LogP contribution in [-0.2, 0) is 6.54 Å². The Morgan fingerprint density at radius 3 is 2.88 bits per heavy atom. The molecule has 3 rings (SSSR count). The molecule has 120 valence electrons. The maximum Gasteiger partial charge on any atom is 0.437 e. The smallest absolute Gasteiger partial charge is 0.415 e. The summed E-state index contributed by atoms with van der Waals surface area (Å²) in [6.45, 7) is 2.26. The van der Waals surface area contributed by atoms with E-state index in [9.17, 15) is 4.79 Å². The highest BCUT2D eigenvalue weighted by Crippen LogP contribution is 2.08. The molecule has 0 atom stereocenters. The fourth-order valence-electron chi connectivity index (χ4n) is 2.14. The van der Waals surface area contributed by atoms with Crippen molar-refractivity contribution in [2.24, 2.45) is 0 Å². The van der Waals surface area contributed by atoms with Crippen molar-refractivity contribution in [3.8, 4) is 11.8 Å². The SMILES string of the molecule is Cc1cc(C#Cc2ccccc2CNn2ccoc2=O)nc(N)n1. The number of oxazole rings is 1. The van der Waals surface area contributed by atoms with E-state index in [-0.39, 0.29) is 5.95 Å². The Balaban J connectivity index is 1.83. The lowest BCUT2D eigenvalue weighted by atomic mass is 10.1. The van der Waals surface area contributed by atoms with Crippen LogP contribution in [-0.4, -0.2) is 14.6 Å². The molecule has 24 heavy (non-hydrogen) atoms. The number of anilines is 1. The molecule has 0 amide bonds. The molecule has 0 spiro atoms. The van der Waals surface area contributed by atoms with E-state index in [1.807, 2.05) is 31.2 Å². The molecule has 7 nitrogen and oxygen atoms in total. The van der Waals surface area contributed by atoms with Crippen LogP contribution in [0.15, 0.2) is 52.0 Å². The normalized spacial score (nSPS) is 10.0. The minimum atomic E-state index is -0.467. The average molecular weight is 321 g/mol. The van der Waals surface area contributed by atoms with Gasteiger partial charge in [-0.25, -0.2) is 14.8 Å². The number of aryl methyl sites for hydroxylation is 1. The molecule has 0 bridgehead atoms. The van der Waals surface area contributed by atoms with Gasteiger partial charge in [0, 0.05) is 11.3 Å². The highest BCUT2D eigenvalue weighted by molar-refractivity contribution is 5.46. The van der Waals surface area contributed by atoms with Gasteiger partial charge < -0.3 is 15.6 Å². The summed E-state index contributed by atoms with van der Waals surface area (Å²) in [5.74, 6) is 5.81. The monoisotopic (exact) mass is 321 g/mol. The van der Waals surface area contributed by atoms with Gasteiger partial charge in [-0.3, -0.25) is 0 Å². The number of rotatable bonds is 3. The molecular weight excluding hydrogens is 306 g/mol. The van der Waals surface area contributed by atoms with Gasteiger partial charge in [-0.05, 0) is 30.5 Å². The summed E-state index contributed by atoms with van der Waals surface area (Å²) in [4.78, 5) is 19.5. The minimum absolute atomic E-state index is 0.202. The highest BCUT2D eigenvalue weighted by Gasteiger charge is 2.02. The maximum atomic E-state index is 11.4. The van der Waals surface area contributed by atoms with Crippen LogP contribution in [0.5, 0.6) is 0 Å². The fourth-order valence-corrected chi connectivity index (χ4v) is 2.14. The van der Waals surface area contributed by atoms with Gasteiger partial charge in [-0.15, -0.1) is 0 Å². The van der Waals surface area contributed by atoms with Gasteiger partial charge in [0.2, 0.25) is 5.95 Å². The molecule has 0 saturated carbocycles. The first-order valence-electron chi connectivity index (χ1n) is 7.23. The van der Waals surface area contributed by atoms with Gasteiger partial charge in [0.25, 0.3) is 0 Å². The second kappa shape index (κ2) is 6.71. The first-order valence-corrected chi connectivity index (χ1v) is 7.23. The second-order valence-electron chi connectivity index (χ2n) is 5.03. The zero-order valence-electron chi connectivity index (χ0n) is 13.0. The molecule has 1 aromatic carbocycles. The van der Waals surface area contributed by atoms with E-state index in [0.717, 1.165) is 16.8 Å². The van der Waals surface area contributed by atoms with E-state index in [1.165, 1.54) is 17.1 Å². The quantitative estimate of drug-likeness (QED) is 0.705. The lowest BCUT2D eigenvalue weighted by molar-refractivity contribution is 0.494. The number of nitrogen functional groups attached to an aromatic ring is 1. The largest absolute Gasteiger partial charge is 0.437 e. The standard InChI is InChI=1S/C17H15N5O2/c1-12-10-15(21-16(18)20-12)7-6-13-4-2-3-5-14(13)11-19-22-8-9-24-17(22)23/h2-5,8-10,19H,11H2,1H3,(H2,18,20,21). The molecule has 3 N–H and O–H groups in total. The Morgan fingerprint density at radius 2 is 2.12 bits per heavy atom. The van der Waals surface area contributed by atoms with Crippen molar-refractivity contribution in [1.29, 1.82) is 0 Å². The molecule has 0 radical (unpaired) electrons. The number of hydrogen-bond donors (Lipinski definition) is 2. The highest BCUT2D eigenvalue weighted by atomic mass is 16.4. The van der Waals surface area contributed by atoms with Crippen LogP contribution in [0, 0.1) is 18.8 Å². The summed E-state index contributed by atoms with van der Waals surface area (Å²) in [6.07, 6.45) is 2.84. The van der Waals surface area contributed by atoms with Crippen LogP contribution in [0.4, 0.5) is 5.95 Å². The Kier molecular flexibility index (Phi) is 4.29. The maximum absolute atomic E-state index is 11.4. The molecule has 0 unspecified atom stereocenters. The fraction of sp³-hybridized carbons (Fsp3) is 0.118. The van der Waals surface area contributed by atoms with E-state index in [1.54, 1.807) is 6.07 Å². The zero-order chi connectivity index (χ0) is 16.9. The third kappa shape index (κ3) is 3.62. The zero-order valence-corrected chi connectivity index (χ0v) is 13.0. The van der Waals surface area contributed by atoms with Gasteiger partial charge in [0.15, 0.2) is 0 Å². The van der Waals surface area contributed by atoms with Crippen LogP contribution in [0.3, 0.4) is 0 Å². The summed E-state index contributed by atoms with van der Waals surface area (Å²) >= 11 is 0. The molecule has 0 aliphatic carbocycles. The van der Waals surface area contributed by atoms with Crippen LogP contribution >= 0.6 is 0 Å². The van der Waals surface area contributed by atoms with Crippen molar-refractivity contribution in [3.63, 3.8) is 0 Å². The van der Waals surface area contributed by atoms with E-state index < -0.39 is 5.76 Å². The molecule has 0 aliphatic heterocycles. The second-order valence-corrected chi connectivity index (χ2v) is 5.03. The molecule has 3 aromatic rings. The Labute approximate surface area is 138 Å². The number of nitrogens with zero attached hydrogens (tertiary/aromatic N) is 3. The van der Waals surface area contributed by atoms with E-state index in [2.05, 4.69) is 27.2 Å². The van der Waals surface area contributed by atoms with Crippen LogP contribution in [0.25, 0.3) is 0 Å². The number of aromatic nitrogens is 3. The third-order valence-electron chi connectivity index (χ3n) is 3.23. The van der Waals surface area contributed by atoms with Crippen LogP contribution in [0.2, 0.25) is 0 Å². The molecule has 0 aliphatic rings. The van der Waals surface area contributed by atoms with Crippen LogP contribution in [0.1, 0.15) is 22.5 Å². The summed E-state index contributed by atoms with van der Waals surface area (Å²) < 4.78 is 5.98. The first-order chi connectivity index (χ1) is 11.6. The lowest BCUT2D eigenvalue weighted by Gasteiger charge is -2.07. The number of nitrogens with two attached hydrogens (primary N) is 1. The Bertz CT molecular complexity index is 958. The molecular formula is C17H15N5O2. The van der Waals surface area contributed by atoms with Gasteiger partial charge in [-0.1, -0.05) is 24.1 Å². The number of nitrogens with one attached hydrogen (secondary N) is 1. The minimum Gasteiger partial charge on any atom is -0.415 e. The van der Waals surface area contributed by atoms with Crippen molar-refractivity contribution in [2.75, 3.05) is 11.2 Å². The number of hydrogen-bond acceptors (Lipinski definition) is 6. The summed E-state index contributed by atoms with van der Waals surface area (Å²) in [7, 11) is 0. The predicted octanol–water partition coefficient (Wildman–Crippen LogP) is 1.27. The molecule has 2 aromatic heterocycles. The lowest BCUT2D eigenvalue weighted by Crippen LogP contribution is -2.24. The third-order valence-corrected chi connectivity index (χ3v) is 3.23. The average Bonchev–Trinajstić information content (AvgIpc) is 2.96. The summed E-state index contributed by atoms with van der Waals surface area (Å²) in [5, 5.41) is 0. The Hall–Kier alpha value is -3.53. The van der Waals surface area contributed by atoms with Crippen molar-refractivity contribution in [1.82, 2.24) is 14.6 Å². The van der Waals surface area contributed by atoms with Gasteiger partial charge >= 0.3 is 5.76 Å². The summed E-state index contributed by atoms with van der Waals surface area (Å²) in [6, 6.07) is 9.42. The number of benzene rings is 1. The van der Waals surface area contributed by atoms with Crippen molar-refractivity contribution in [2.45, 2.75) is 13.5 Å². The van der Waals surface area contributed by atoms with Crippen molar-refractivity contribution in [3.05, 3.63) is 75.9 Å². The van der Waals surface area contributed by atoms with E-state index >= 15 is 0 Å². The predicted molar refractivity (Wildman–Crippen MR) is 89.6 cm³/mol. The molecule has 2 heterocycles. The van der Waals surface area contributed by atoms with Gasteiger partial charge in [-0.2, -0.15) is 4.68 Å².